The van der Waals surface area contributed by atoms with Gasteiger partial charge in [-0.3, -0.25) is 4.79 Å². The van der Waals surface area contributed by atoms with Gasteiger partial charge in [-0.2, -0.15) is 0 Å². The van der Waals surface area contributed by atoms with Crippen LogP contribution in [-0.2, 0) is 9.53 Å². The van der Waals surface area contributed by atoms with E-state index in [1.807, 2.05) is 0 Å². The van der Waals surface area contributed by atoms with Gasteiger partial charge in [0, 0.05) is 6.61 Å². The maximum absolute atomic E-state index is 10.6. The molecule has 0 spiro atoms. The molecule has 0 aliphatic carbocycles. The lowest BCUT2D eigenvalue weighted by molar-refractivity contribution is -0.147. The van der Waals surface area contributed by atoms with Crippen LogP contribution in [0.3, 0.4) is 0 Å². The minimum Gasteiger partial charge on any atom is -0.469 e. The predicted octanol–water partition coefficient (Wildman–Crippen LogP) is -0.850. The lowest BCUT2D eigenvalue weighted by atomic mass is 10.1. The van der Waals surface area contributed by atoms with Crippen molar-refractivity contribution in [3.8, 4) is 0 Å². The van der Waals surface area contributed by atoms with Crippen LogP contribution in [0.15, 0.2) is 0 Å². The van der Waals surface area contributed by atoms with Gasteiger partial charge >= 0.3 is 5.97 Å². The van der Waals surface area contributed by atoms with E-state index in [0.717, 1.165) is 0 Å². The van der Waals surface area contributed by atoms with E-state index in [0.29, 0.717) is 0 Å². The molecule has 4 nitrogen and oxygen atoms in total. The number of hydrogen-bond donors (Lipinski definition) is 2. The van der Waals surface area contributed by atoms with Crippen molar-refractivity contribution in [2.45, 2.75) is 6.42 Å². The summed E-state index contributed by atoms with van der Waals surface area (Å²) in [6.45, 7) is -0.381. The Hall–Kier alpha value is -0.610. The standard InChI is InChI=1S/C6H12O4/c1-10-6(9)5(4-8)2-3-7/h5,7-8H,2-4H2,1H3. The molecule has 4 heteroatoms. The summed E-state index contributed by atoms with van der Waals surface area (Å²) in [6.07, 6.45) is 0.253. The first-order valence-electron chi connectivity index (χ1n) is 3.05. The second-order valence-electron chi connectivity index (χ2n) is 1.91. The van der Waals surface area contributed by atoms with Crippen LogP contribution in [0.5, 0.6) is 0 Å². The van der Waals surface area contributed by atoms with Crippen LogP contribution in [0.4, 0.5) is 0 Å². The van der Waals surface area contributed by atoms with E-state index in [9.17, 15) is 4.79 Å². The van der Waals surface area contributed by atoms with Gasteiger partial charge in [-0.15, -0.1) is 0 Å². The third kappa shape index (κ3) is 2.80. The van der Waals surface area contributed by atoms with Gasteiger partial charge in [0.2, 0.25) is 0 Å². The van der Waals surface area contributed by atoms with Crippen molar-refractivity contribution in [3.63, 3.8) is 0 Å². The molecule has 0 radical (unpaired) electrons. The number of rotatable bonds is 4. The van der Waals surface area contributed by atoms with E-state index in [1.165, 1.54) is 7.11 Å². The highest BCUT2D eigenvalue weighted by atomic mass is 16.5. The molecular formula is C6H12O4. The van der Waals surface area contributed by atoms with Crippen LogP contribution in [0.25, 0.3) is 0 Å². The van der Waals surface area contributed by atoms with Crippen molar-refractivity contribution in [3.05, 3.63) is 0 Å². The van der Waals surface area contributed by atoms with Crippen molar-refractivity contribution in [1.29, 1.82) is 0 Å². The summed E-state index contributed by atoms with van der Waals surface area (Å²) in [6, 6.07) is 0. The average molecular weight is 148 g/mol. The normalized spacial score (nSPS) is 12.7. The number of aliphatic hydroxyl groups is 2. The van der Waals surface area contributed by atoms with Gasteiger partial charge in [0.1, 0.15) is 0 Å². The zero-order valence-electron chi connectivity index (χ0n) is 5.91. The van der Waals surface area contributed by atoms with Crippen molar-refractivity contribution in [1.82, 2.24) is 0 Å². The number of carbonyl (C=O) groups excluding carboxylic acids is 1. The third-order valence-corrected chi connectivity index (χ3v) is 1.23. The van der Waals surface area contributed by atoms with E-state index in [-0.39, 0.29) is 19.6 Å². The Morgan fingerprint density at radius 2 is 2.20 bits per heavy atom. The number of carbonyl (C=O) groups is 1. The molecule has 0 aromatic rings. The first-order valence-corrected chi connectivity index (χ1v) is 3.05. The molecule has 0 rings (SSSR count). The molecule has 0 bridgehead atoms. The smallest absolute Gasteiger partial charge is 0.311 e. The molecule has 0 amide bonds. The van der Waals surface area contributed by atoms with Crippen molar-refractivity contribution >= 4 is 5.97 Å². The van der Waals surface area contributed by atoms with Gasteiger partial charge in [-0.05, 0) is 6.42 Å². The fourth-order valence-corrected chi connectivity index (χ4v) is 0.606. The molecule has 2 N–H and O–H groups in total. The van der Waals surface area contributed by atoms with E-state index >= 15 is 0 Å². The highest BCUT2D eigenvalue weighted by Crippen LogP contribution is 2.02. The summed E-state index contributed by atoms with van der Waals surface area (Å²) < 4.78 is 4.35. The first-order chi connectivity index (χ1) is 4.76. The summed E-state index contributed by atoms with van der Waals surface area (Å²) in [7, 11) is 1.25. The number of hydrogen-bond acceptors (Lipinski definition) is 4. The third-order valence-electron chi connectivity index (χ3n) is 1.23. The summed E-state index contributed by atoms with van der Waals surface area (Å²) in [4.78, 5) is 10.6. The van der Waals surface area contributed by atoms with Crippen molar-refractivity contribution < 1.29 is 19.7 Å². The molecule has 1 atom stereocenters. The Bertz CT molecular complexity index is 102. The maximum atomic E-state index is 10.6. The Labute approximate surface area is 59.4 Å². The Balaban J connectivity index is 3.68. The van der Waals surface area contributed by atoms with E-state index in [4.69, 9.17) is 10.2 Å². The molecular weight excluding hydrogens is 136 g/mol. The van der Waals surface area contributed by atoms with Gasteiger partial charge in [-0.1, -0.05) is 0 Å². The van der Waals surface area contributed by atoms with Gasteiger partial charge in [0.25, 0.3) is 0 Å². The highest BCUT2D eigenvalue weighted by Gasteiger charge is 2.16. The Kier molecular flexibility index (Phi) is 4.88. The van der Waals surface area contributed by atoms with Gasteiger partial charge in [-0.25, -0.2) is 0 Å². The van der Waals surface area contributed by atoms with Crippen molar-refractivity contribution in [2.24, 2.45) is 5.92 Å². The fourth-order valence-electron chi connectivity index (χ4n) is 0.606. The zero-order chi connectivity index (χ0) is 7.98. The quantitative estimate of drug-likeness (QED) is 0.510. The minimum atomic E-state index is -0.574. The van der Waals surface area contributed by atoms with E-state index < -0.39 is 11.9 Å². The molecule has 1 unspecified atom stereocenters. The molecule has 0 saturated carbocycles. The van der Waals surface area contributed by atoms with Crippen LogP contribution in [0.1, 0.15) is 6.42 Å². The number of methoxy groups -OCH3 is 1. The lowest BCUT2D eigenvalue weighted by Gasteiger charge is -2.08. The van der Waals surface area contributed by atoms with E-state index in [1.54, 1.807) is 0 Å². The molecule has 0 aromatic carbocycles. The van der Waals surface area contributed by atoms with Gasteiger partial charge < -0.3 is 14.9 Å². The fraction of sp³-hybridized carbons (Fsp3) is 0.833. The largest absolute Gasteiger partial charge is 0.469 e. The number of esters is 1. The second kappa shape index (κ2) is 5.20. The highest BCUT2D eigenvalue weighted by molar-refractivity contribution is 5.72. The summed E-state index contributed by atoms with van der Waals surface area (Å²) >= 11 is 0. The molecule has 0 aliphatic rings. The molecule has 0 aromatic heterocycles. The van der Waals surface area contributed by atoms with Crippen LogP contribution in [0, 0.1) is 5.92 Å². The second-order valence-corrected chi connectivity index (χ2v) is 1.91. The molecule has 60 valence electrons. The SMILES string of the molecule is COC(=O)C(CO)CCO. The average Bonchev–Trinajstić information content (AvgIpc) is 1.99. The zero-order valence-corrected chi connectivity index (χ0v) is 5.91. The number of aliphatic hydroxyl groups excluding tert-OH is 2. The molecule has 10 heavy (non-hydrogen) atoms. The van der Waals surface area contributed by atoms with Gasteiger partial charge in [0.05, 0.1) is 19.6 Å². The van der Waals surface area contributed by atoms with Crippen LogP contribution in [-0.4, -0.2) is 36.5 Å². The monoisotopic (exact) mass is 148 g/mol. The van der Waals surface area contributed by atoms with Crippen LogP contribution < -0.4 is 0 Å². The summed E-state index contributed by atoms with van der Waals surface area (Å²) in [5.41, 5.74) is 0. The Morgan fingerprint density at radius 1 is 1.60 bits per heavy atom. The Morgan fingerprint density at radius 3 is 2.50 bits per heavy atom. The molecule has 0 fully saturated rings. The molecule has 0 saturated heterocycles. The lowest BCUT2D eigenvalue weighted by Crippen LogP contribution is -2.20. The number of ether oxygens (including phenoxy) is 1. The maximum Gasteiger partial charge on any atom is 0.311 e. The minimum absolute atomic E-state index is 0.111. The van der Waals surface area contributed by atoms with Crippen LogP contribution in [0.2, 0.25) is 0 Å². The summed E-state index contributed by atoms with van der Waals surface area (Å²) in [5.74, 6) is -1.05. The first kappa shape index (κ1) is 9.39. The van der Waals surface area contributed by atoms with E-state index in [2.05, 4.69) is 4.74 Å². The summed E-state index contributed by atoms with van der Waals surface area (Å²) in [5, 5.41) is 16.9. The molecule has 0 heterocycles. The predicted molar refractivity (Wildman–Crippen MR) is 34.3 cm³/mol. The van der Waals surface area contributed by atoms with Crippen molar-refractivity contribution in [2.75, 3.05) is 20.3 Å². The molecule has 0 aliphatic heterocycles. The van der Waals surface area contributed by atoms with Gasteiger partial charge in [0.15, 0.2) is 0 Å². The van der Waals surface area contributed by atoms with Crippen LogP contribution >= 0.6 is 0 Å². The topological polar surface area (TPSA) is 66.8 Å².